The molecule has 15 heavy (non-hydrogen) atoms. The summed E-state index contributed by atoms with van der Waals surface area (Å²) < 4.78 is 13.5. The average molecular weight is 307 g/mol. The third kappa shape index (κ3) is 2.38. The van der Waals surface area contributed by atoms with Crippen LogP contribution in [0.15, 0.2) is 28.2 Å². The molecule has 0 amide bonds. The van der Waals surface area contributed by atoms with Crippen LogP contribution in [0.3, 0.4) is 0 Å². The first-order chi connectivity index (χ1) is 7.20. The normalized spacial score (nSPS) is 10.6. The number of halogens is 3. The van der Waals surface area contributed by atoms with Crippen LogP contribution in [-0.2, 0) is 5.88 Å². The lowest BCUT2D eigenvalue weighted by atomic mass is 10.1. The zero-order valence-electron chi connectivity index (χ0n) is 7.51. The highest BCUT2D eigenvalue weighted by atomic mass is 79.9. The third-order valence-corrected chi connectivity index (χ3v) is 3.76. The molecule has 0 aliphatic heterocycles. The molecule has 5 heteroatoms. The van der Waals surface area contributed by atoms with Crippen LogP contribution in [-0.4, -0.2) is 4.98 Å². The zero-order valence-corrected chi connectivity index (χ0v) is 10.7. The van der Waals surface area contributed by atoms with Crippen molar-refractivity contribution >= 4 is 38.9 Å². The van der Waals surface area contributed by atoms with Crippen LogP contribution in [0.5, 0.6) is 0 Å². The molecular formula is C10H6BrClFNS. The van der Waals surface area contributed by atoms with Crippen LogP contribution in [0.2, 0.25) is 0 Å². The quantitative estimate of drug-likeness (QED) is 0.747. The van der Waals surface area contributed by atoms with E-state index in [1.54, 1.807) is 12.1 Å². The van der Waals surface area contributed by atoms with Crippen molar-refractivity contribution in [2.45, 2.75) is 5.88 Å². The Morgan fingerprint density at radius 2 is 2.00 bits per heavy atom. The minimum Gasteiger partial charge on any atom is -0.232 e. The molecule has 0 N–H and O–H groups in total. The lowest BCUT2D eigenvalue weighted by Crippen LogP contribution is -1.82. The highest BCUT2D eigenvalue weighted by Gasteiger charge is 2.10. The van der Waals surface area contributed by atoms with E-state index in [1.807, 2.05) is 0 Å². The number of hydrogen-bond donors (Lipinski definition) is 0. The van der Waals surface area contributed by atoms with Crippen LogP contribution in [0, 0.1) is 5.82 Å². The molecule has 78 valence electrons. The highest BCUT2D eigenvalue weighted by molar-refractivity contribution is 9.11. The van der Waals surface area contributed by atoms with Crippen molar-refractivity contribution in [2.75, 3.05) is 0 Å². The summed E-state index contributed by atoms with van der Waals surface area (Å²) in [5.41, 5.74) is 1.76. The number of hydrogen-bond acceptors (Lipinski definition) is 2. The van der Waals surface area contributed by atoms with Gasteiger partial charge in [0.05, 0.1) is 16.5 Å². The summed E-state index contributed by atoms with van der Waals surface area (Å²) >= 11 is 10.6. The second kappa shape index (κ2) is 4.60. The molecule has 1 heterocycles. The van der Waals surface area contributed by atoms with Crippen molar-refractivity contribution < 1.29 is 4.39 Å². The molecule has 0 saturated carbocycles. The van der Waals surface area contributed by atoms with E-state index < -0.39 is 0 Å². The van der Waals surface area contributed by atoms with Gasteiger partial charge in [0.15, 0.2) is 3.92 Å². The lowest BCUT2D eigenvalue weighted by Gasteiger charge is -1.98. The molecular weight excluding hydrogens is 301 g/mol. The molecule has 1 aromatic heterocycles. The molecule has 0 fully saturated rings. The van der Waals surface area contributed by atoms with Gasteiger partial charge >= 0.3 is 0 Å². The highest BCUT2D eigenvalue weighted by Crippen LogP contribution is 2.33. The SMILES string of the molecule is Fc1ccc(-c2sc(Br)nc2CCl)cc1. The van der Waals surface area contributed by atoms with E-state index in [0.29, 0.717) is 5.88 Å². The fourth-order valence-electron chi connectivity index (χ4n) is 1.24. The van der Waals surface area contributed by atoms with E-state index in [-0.39, 0.29) is 5.82 Å². The Hall–Kier alpha value is -0.450. The standard InChI is InChI=1S/C10H6BrClFNS/c11-10-14-8(5-12)9(15-10)6-1-3-7(13)4-2-6/h1-4H,5H2. The number of thiazole rings is 1. The number of rotatable bonds is 2. The second-order valence-electron chi connectivity index (χ2n) is 2.88. The Kier molecular flexibility index (Phi) is 3.38. The molecule has 1 aromatic carbocycles. The fraction of sp³-hybridized carbons (Fsp3) is 0.100. The minimum absolute atomic E-state index is 0.241. The van der Waals surface area contributed by atoms with Crippen molar-refractivity contribution in [1.29, 1.82) is 0 Å². The largest absolute Gasteiger partial charge is 0.232 e. The van der Waals surface area contributed by atoms with Gasteiger partial charge in [-0.05, 0) is 33.6 Å². The number of aromatic nitrogens is 1. The summed E-state index contributed by atoms with van der Waals surface area (Å²) in [5, 5.41) is 0. The maximum atomic E-state index is 12.7. The molecule has 0 atom stereocenters. The lowest BCUT2D eigenvalue weighted by molar-refractivity contribution is 0.628. The molecule has 1 nitrogen and oxygen atoms in total. The summed E-state index contributed by atoms with van der Waals surface area (Å²) in [5.74, 6) is 0.115. The molecule has 2 rings (SSSR count). The molecule has 0 aliphatic rings. The Morgan fingerprint density at radius 3 is 2.60 bits per heavy atom. The smallest absolute Gasteiger partial charge is 0.159 e. The van der Waals surface area contributed by atoms with Crippen LogP contribution in [0.4, 0.5) is 4.39 Å². The third-order valence-electron chi connectivity index (χ3n) is 1.90. The van der Waals surface area contributed by atoms with Crippen molar-refractivity contribution in [3.05, 3.63) is 39.7 Å². The Balaban J connectivity index is 2.48. The van der Waals surface area contributed by atoms with E-state index in [0.717, 1.165) is 20.1 Å². The molecule has 0 radical (unpaired) electrons. The summed E-state index contributed by atoms with van der Waals surface area (Å²) in [7, 11) is 0. The van der Waals surface area contributed by atoms with Gasteiger partial charge in [-0.2, -0.15) is 0 Å². The number of alkyl halides is 1. The first-order valence-corrected chi connectivity index (χ1v) is 6.32. The predicted molar refractivity (Wildman–Crippen MR) is 64.8 cm³/mol. The van der Waals surface area contributed by atoms with E-state index in [1.165, 1.54) is 23.5 Å². The van der Waals surface area contributed by atoms with Crippen LogP contribution in [0.25, 0.3) is 10.4 Å². The monoisotopic (exact) mass is 305 g/mol. The average Bonchev–Trinajstić information content (AvgIpc) is 2.61. The molecule has 0 unspecified atom stereocenters. The van der Waals surface area contributed by atoms with E-state index in [2.05, 4.69) is 20.9 Å². The van der Waals surface area contributed by atoms with Gasteiger partial charge in [0.25, 0.3) is 0 Å². The van der Waals surface area contributed by atoms with Gasteiger partial charge in [0, 0.05) is 0 Å². The summed E-state index contributed by atoms with van der Waals surface area (Å²) in [6.07, 6.45) is 0. The summed E-state index contributed by atoms with van der Waals surface area (Å²) in [6, 6.07) is 6.32. The molecule has 0 saturated heterocycles. The predicted octanol–water partition coefficient (Wildman–Crippen LogP) is 4.45. The Bertz CT molecular complexity index is 469. The van der Waals surface area contributed by atoms with Crippen molar-refractivity contribution in [3.63, 3.8) is 0 Å². The maximum Gasteiger partial charge on any atom is 0.159 e. The zero-order chi connectivity index (χ0) is 10.8. The van der Waals surface area contributed by atoms with Gasteiger partial charge in [-0.25, -0.2) is 9.37 Å². The minimum atomic E-state index is -0.241. The van der Waals surface area contributed by atoms with Gasteiger partial charge < -0.3 is 0 Å². The Labute approximate surface area is 104 Å². The summed E-state index contributed by atoms with van der Waals surface area (Å²) in [4.78, 5) is 5.22. The second-order valence-corrected chi connectivity index (χ2v) is 5.43. The maximum absolute atomic E-state index is 12.7. The molecule has 0 bridgehead atoms. The molecule has 0 spiro atoms. The first kappa shape index (κ1) is 11.0. The fourth-order valence-corrected chi connectivity index (χ4v) is 3.03. The van der Waals surface area contributed by atoms with Crippen LogP contribution >= 0.6 is 38.9 Å². The first-order valence-electron chi connectivity index (χ1n) is 4.18. The van der Waals surface area contributed by atoms with E-state index >= 15 is 0 Å². The van der Waals surface area contributed by atoms with Gasteiger partial charge in [-0.3, -0.25) is 0 Å². The Morgan fingerprint density at radius 1 is 1.33 bits per heavy atom. The van der Waals surface area contributed by atoms with E-state index in [4.69, 9.17) is 11.6 Å². The van der Waals surface area contributed by atoms with Gasteiger partial charge in [-0.15, -0.1) is 22.9 Å². The van der Waals surface area contributed by atoms with E-state index in [9.17, 15) is 4.39 Å². The summed E-state index contributed by atoms with van der Waals surface area (Å²) in [6.45, 7) is 0. The van der Waals surface area contributed by atoms with Crippen molar-refractivity contribution in [2.24, 2.45) is 0 Å². The van der Waals surface area contributed by atoms with Crippen LogP contribution < -0.4 is 0 Å². The molecule has 2 aromatic rings. The number of benzene rings is 1. The van der Waals surface area contributed by atoms with Gasteiger partial charge in [0.2, 0.25) is 0 Å². The van der Waals surface area contributed by atoms with Crippen molar-refractivity contribution in [1.82, 2.24) is 4.98 Å². The van der Waals surface area contributed by atoms with Crippen molar-refractivity contribution in [3.8, 4) is 10.4 Å². The number of nitrogens with zero attached hydrogens (tertiary/aromatic N) is 1. The van der Waals surface area contributed by atoms with Gasteiger partial charge in [-0.1, -0.05) is 12.1 Å². The molecule has 0 aliphatic carbocycles. The van der Waals surface area contributed by atoms with Gasteiger partial charge in [0.1, 0.15) is 5.82 Å². The topological polar surface area (TPSA) is 12.9 Å². The van der Waals surface area contributed by atoms with Crippen LogP contribution in [0.1, 0.15) is 5.69 Å².